The van der Waals surface area contributed by atoms with Gasteiger partial charge in [-0.1, -0.05) is 0 Å². The molecule has 0 saturated carbocycles. The highest BCUT2D eigenvalue weighted by Gasteiger charge is 2.36. The van der Waals surface area contributed by atoms with Gasteiger partial charge >= 0.3 is 0 Å². The fourth-order valence-electron chi connectivity index (χ4n) is 1.71. The summed E-state index contributed by atoms with van der Waals surface area (Å²) >= 11 is 1.53. The van der Waals surface area contributed by atoms with Gasteiger partial charge in [0.2, 0.25) is 11.8 Å². The average Bonchev–Trinajstić information content (AvgIpc) is 2.85. The highest BCUT2D eigenvalue weighted by Crippen LogP contribution is 2.20. The van der Waals surface area contributed by atoms with E-state index < -0.39 is 6.04 Å². The summed E-state index contributed by atoms with van der Waals surface area (Å²) in [6.45, 7) is 1.96. The van der Waals surface area contributed by atoms with Crippen molar-refractivity contribution in [3.63, 3.8) is 0 Å². The fourth-order valence-corrected chi connectivity index (χ4v) is 2.35. The zero-order valence-corrected chi connectivity index (χ0v) is 9.95. The molecule has 2 atom stereocenters. The van der Waals surface area contributed by atoms with Gasteiger partial charge in [0.25, 0.3) is 0 Å². The molecule has 0 bridgehead atoms. The number of hydrogen-bond donors (Lipinski definition) is 1. The number of aromatic nitrogens is 1. The number of rotatable bonds is 3. The van der Waals surface area contributed by atoms with Crippen LogP contribution in [0.15, 0.2) is 11.7 Å². The van der Waals surface area contributed by atoms with Crippen LogP contribution in [0.3, 0.4) is 0 Å². The maximum absolute atomic E-state index is 11.7. The third-order valence-corrected chi connectivity index (χ3v) is 3.67. The summed E-state index contributed by atoms with van der Waals surface area (Å²) in [5.41, 5.74) is 1.75. The first-order valence-electron chi connectivity index (χ1n) is 5.04. The van der Waals surface area contributed by atoms with Crippen molar-refractivity contribution in [3.8, 4) is 0 Å². The summed E-state index contributed by atoms with van der Waals surface area (Å²) in [5, 5.41) is 3.15. The van der Waals surface area contributed by atoms with Gasteiger partial charge in [-0.15, -0.1) is 11.3 Å². The van der Waals surface area contributed by atoms with E-state index in [9.17, 15) is 9.59 Å². The topological polar surface area (TPSA) is 62.3 Å². The maximum Gasteiger partial charge on any atom is 0.246 e. The molecular formula is C10H13N3O2S. The summed E-state index contributed by atoms with van der Waals surface area (Å²) in [7, 11) is 1.52. The van der Waals surface area contributed by atoms with Gasteiger partial charge in [-0.05, 0) is 6.92 Å². The van der Waals surface area contributed by atoms with Crippen molar-refractivity contribution in [1.29, 1.82) is 0 Å². The predicted molar refractivity (Wildman–Crippen MR) is 59.8 cm³/mol. The number of carbonyl (C=O) groups excluding carboxylic acids is 2. The molecule has 1 fully saturated rings. The summed E-state index contributed by atoms with van der Waals surface area (Å²) in [5.74, 6) is -0.277. The highest BCUT2D eigenvalue weighted by atomic mass is 32.1. The molecule has 0 radical (unpaired) electrons. The van der Waals surface area contributed by atoms with Crippen LogP contribution in [0.25, 0.3) is 0 Å². The Labute approximate surface area is 97.5 Å². The molecule has 2 amide bonds. The number of nitrogens with zero attached hydrogens (tertiary/aromatic N) is 2. The number of hydrogen-bond acceptors (Lipinski definition) is 5. The van der Waals surface area contributed by atoms with Crippen molar-refractivity contribution in [1.82, 2.24) is 15.2 Å². The minimum Gasteiger partial charge on any atom is -0.298 e. The summed E-state index contributed by atoms with van der Waals surface area (Å²) in [6, 6.07) is -0.352. The summed E-state index contributed by atoms with van der Waals surface area (Å²) in [4.78, 5) is 29.2. The number of likely N-dealkylation sites (N-methyl/N-ethyl adjacent to an activating group) is 1. The molecule has 1 aromatic heterocycles. The van der Waals surface area contributed by atoms with E-state index in [4.69, 9.17) is 0 Å². The fraction of sp³-hybridized carbons (Fsp3) is 0.500. The molecule has 1 N–H and O–H groups in total. The Balaban J connectivity index is 2.01. The van der Waals surface area contributed by atoms with Gasteiger partial charge in [0.05, 0.1) is 18.0 Å². The summed E-state index contributed by atoms with van der Waals surface area (Å²) in [6.07, 6.45) is 2.02. The van der Waals surface area contributed by atoms with Crippen molar-refractivity contribution in [3.05, 3.63) is 16.6 Å². The molecule has 0 aliphatic carbocycles. The van der Waals surface area contributed by atoms with E-state index in [1.54, 1.807) is 11.7 Å². The van der Waals surface area contributed by atoms with Gasteiger partial charge in [-0.2, -0.15) is 0 Å². The number of imide groups is 1. The predicted octanol–water partition coefficient (Wildman–Crippen LogP) is 0.551. The first-order chi connectivity index (χ1) is 7.59. The van der Waals surface area contributed by atoms with Crippen molar-refractivity contribution in [2.45, 2.75) is 25.4 Å². The highest BCUT2D eigenvalue weighted by molar-refractivity contribution is 7.09. The lowest BCUT2D eigenvalue weighted by molar-refractivity contribution is -0.137. The van der Waals surface area contributed by atoms with Crippen LogP contribution in [0, 0.1) is 0 Å². The molecule has 0 aromatic carbocycles. The van der Waals surface area contributed by atoms with Crippen LogP contribution in [0.2, 0.25) is 0 Å². The lowest BCUT2D eigenvalue weighted by Crippen LogP contribution is -2.38. The van der Waals surface area contributed by atoms with Gasteiger partial charge in [0, 0.05) is 24.2 Å². The van der Waals surface area contributed by atoms with E-state index in [0.29, 0.717) is 0 Å². The Bertz CT molecular complexity index is 404. The lowest BCUT2D eigenvalue weighted by atomic mass is 10.2. The van der Waals surface area contributed by atoms with E-state index in [1.807, 2.05) is 6.92 Å². The quantitative estimate of drug-likeness (QED) is 0.782. The molecule has 1 aliphatic rings. The zero-order valence-electron chi connectivity index (χ0n) is 9.14. The van der Waals surface area contributed by atoms with Gasteiger partial charge in [-0.25, -0.2) is 0 Å². The third-order valence-electron chi connectivity index (χ3n) is 2.71. The van der Waals surface area contributed by atoms with Crippen molar-refractivity contribution in [2.24, 2.45) is 0 Å². The number of nitrogens with one attached hydrogen (secondary N) is 1. The number of amides is 2. The van der Waals surface area contributed by atoms with Crippen LogP contribution in [0.4, 0.5) is 0 Å². The monoisotopic (exact) mass is 239 g/mol. The Hall–Kier alpha value is -1.27. The maximum atomic E-state index is 11.7. The molecule has 0 spiro atoms. The molecule has 5 nitrogen and oxygen atoms in total. The third kappa shape index (κ3) is 1.98. The van der Waals surface area contributed by atoms with Crippen LogP contribution in [0.1, 0.15) is 24.3 Å². The summed E-state index contributed by atoms with van der Waals surface area (Å²) < 4.78 is 0. The Morgan fingerprint density at radius 3 is 2.88 bits per heavy atom. The molecular weight excluding hydrogens is 226 g/mol. The van der Waals surface area contributed by atoms with Gasteiger partial charge < -0.3 is 0 Å². The second-order valence-corrected chi connectivity index (χ2v) is 4.76. The smallest absolute Gasteiger partial charge is 0.246 e. The molecule has 6 heteroatoms. The van der Waals surface area contributed by atoms with Crippen molar-refractivity contribution >= 4 is 23.2 Å². The molecule has 1 aliphatic heterocycles. The normalized spacial score (nSPS) is 22.9. The van der Waals surface area contributed by atoms with E-state index in [1.165, 1.54) is 23.3 Å². The second-order valence-electron chi connectivity index (χ2n) is 3.84. The van der Waals surface area contributed by atoms with E-state index in [2.05, 4.69) is 10.3 Å². The molecule has 1 saturated heterocycles. The molecule has 2 unspecified atom stereocenters. The molecule has 1 aromatic rings. The van der Waals surface area contributed by atoms with Crippen molar-refractivity contribution in [2.75, 3.05) is 7.05 Å². The Morgan fingerprint density at radius 2 is 2.38 bits per heavy atom. The Morgan fingerprint density at radius 1 is 1.62 bits per heavy atom. The van der Waals surface area contributed by atoms with Crippen molar-refractivity contribution < 1.29 is 9.59 Å². The largest absolute Gasteiger partial charge is 0.298 e. The first kappa shape index (κ1) is 11.2. The van der Waals surface area contributed by atoms with E-state index in [-0.39, 0.29) is 24.3 Å². The minimum absolute atomic E-state index is 0.0424. The van der Waals surface area contributed by atoms with Crippen LogP contribution in [0.5, 0.6) is 0 Å². The molecule has 86 valence electrons. The van der Waals surface area contributed by atoms with Crippen LogP contribution < -0.4 is 5.32 Å². The Kier molecular flexibility index (Phi) is 3.02. The molecule has 16 heavy (non-hydrogen) atoms. The van der Waals surface area contributed by atoms with Gasteiger partial charge in [0.15, 0.2) is 0 Å². The van der Waals surface area contributed by atoms with Gasteiger partial charge in [0.1, 0.15) is 0 Å². The number of likely N-dealkylation sites (tertiary alicyclic amines) is 1. The van der Waals surface area contributed by atoms with E-state index >= 15 is 0 Å². The standard InChI is InChI=1S/C10H13N3O2S/c1-6(8-4-11-5-16-8)12-7-3-9(14)13(2)10(7)15/h4-7,12H,3H2,1-2H3. The SMILES string of the molecule is CC(NC1CC(=O)N(C)C1=O)c1cncs1. The van der Waals surface area contributed by atoms with Crippen LogP contribution in [-0.4, -0.2) is 34.8 Å². The molecule has 2 heterocycles. The number of thiazole rings is 1. The zero-order chi connectivity index (χ0) is 11.7. The van der Waals surface area contributed by atoms with Gasteiger partial charge in [-0.3, -0.25) is 24.8 Å². The average molecular weight is 239 g/mol. The van der Waals surface area contributed by atoms with Crippen LogP contribution >= 0.6 is 11.3 Å². The molecule has 2 rings (SSSR count). The van der Waals surface area contributed by atoms with Crippen LogP contribution in [-0.2, 0) is 9.59 Å². The second kappa shape index (κ2) is 4.31. The number of carbonyl (C=O) groups is 2. The first-order valence-corrected chi connectivity index (χ1v) is 5.92. The lowest BCUT2D eigenvalue weighted by Gasteiger charge is -2.16. The van der Waals surface area contributed by atoms with E-state index in [0.717, 1.165) is 4.88 Å². The minimum atomic E-state index is -0.394.